The zero-order chi connectivity index (χ0) is 14.1. The summed E-state index contributed by atoms with van der Waals surface area (Å²) >= 11 is 1.53. The van der Waals surface area contributed by atoms with Gasteiger partial charge in [-0.05, 0) is 36.4 Å². The van der Waals surface area contributed by atoms with Crippen molar-refractivity contribution in [3.8, 4) is 0 Å². The highest BCUT2D eigenvalue weighted by atomic mass is 32.1. The number of thiazole rings is 1. The summed E-state index contributed by atoms with van der Waals surface area (Å²) in [6, 6.07) is 10.4. The number of amides is 1. The Morgan fingerprint density at radius 2 is 1.85 bits per heavy atom. The van der Waals surface area contributed by atoms with Gasteiger partial charge in [-0.3, -0.25) is 4.79 Å². The Balaban J connectivity index is 1.87. The maximum Gasteiger partial charge on any atom is 0.255 e. The Morgan fingerprint density at radius 1 is 1.10 bits per heavy atom. The minimum Gasteiger partial charge on any atom is -0.399 e. The standard InChI is InChI=1S/C14H12N4OS/c15-9-3-8(4-10(16)5-9)14(19)18-11-1-2-12-13(6-11)20-7-17-12/h1-7H,15-16H2,(H,18,19). The van der Waals surface area contributed by atoms with Gasteiger partial charge in [0, 0.05) is 22.6 Å². The molecule has 20 heavy (non-hydrogen) atoms. The van der Waals surface area contributed by atoms with Gasteiger partial charge < -0.3 is 16.8 Å². The highest BCUT2D eigenvalue weighted by Gasteiger charge is 2.08. The van der Waals surface area contributed by atoms with E-state index < -0.39 is 0 Å². The Kier molecular flexibility index (Phi) is 3.00. The van der Waals surface area contributed by atoms with Crippen molar-refractivity contribution in [1.82, 2.24) is 4.98 Å². The second-order valence-electron chi connectivity index (χ2n) is 4.38. The average Bonchev–Trinajstić information content (AvgIpc) is 2.85. The van der Waals surface area contributed by atoms with Crippen LogP contribution in [-0.2, 0) is 0 Å². The number of benzene rings is 2. The Labute approximate surface area is 119 Å². The summed E-state index contributed by atoms with van der Waals surface area (Å²) in [5, 5.41) is 2.82. The van der Waals surface area contributed by atoms with Crippen molar-refractivity contribution in [2.45, 2.75) is 0 Å². The van der Waals surface area contributed by atoms with Crippen molar-refractivity contribution in [3.63, 3.8) is 0 Å². The summed E-state index contributed by atoms with van der Waals surface area (Å²) in [5.41, 5.74) is 16.1. The summed E-state index contributed by atoms with van der Waals surface area (Å²) in [6.45, 7) is 0. The number of anilines is 3. The number of rotatable bonds is 2. The summed E-state index contributed by atoms with van der Waals surface area (Å²) in [7, 11) is 0. The summed E-state index contributed by atoms with van der Waals surface area (Å²) in [5.74, 6) is -0.243. The summed E-state index contributed by atoms with van der Waals surface area (Å²) < 4.78 is 1.02. The zero-order valence-electron chi connectivity index (χ0n) is 10.5. The first kappa shape index (κ1) is 12.4. The smallest absolute Gasteiger partial charge is 0.255 e. The molecule has 3 aromatic rings. The van der Waals surface area contributed by atoms with Crippen LogP contribution >= 0.6 is 11.3 Å². The van der Waals surface area contributed by atoms with Gasteiger partial charge in [0.05, 0.1) is 15.7 Å². The predicted octanol–water partition coefficient (Wildman–Crippen LogP) is 2.71. The Bertz CT molecular complexity index is 776. The molecule has 1 aromatic heterocycles. The SMILES string of the molecule is Nc1cc(N)cc(C(=O)Nc2ccc3ncsc3c2)c1. The van der Waals surface area contributed by atoms with Crippen molar-refractivity contribution in [2.24, 2.45) is 0 Å². The van der Waals surface area contributed by atoms with Crippen molar-refractivity contribution < 1.29 is 4.79 Å². The van der Waals surface area contributed by atoms with Crippen molar-refractivity contribution in [3.05, 3.63) is 47.5 Å². The molecule has 0 saturated carbocycles. The molecule has 100 valence electrons. The number of nitrogen functional groups attached to an aromatic ring is 2. The number of nitrogens with two attached hydrogens (primary N) is 2. The lowest BCUT2D eigenvalue weighted by molar-refractivity contribution is 0.102. The van der Waals surface area contributed by atoms with Crippen LogP contribution in [0.3, 0.4) is 0 Å². The molecule has 0 aliphatic rings. The predicted molar refractivity (Wildman–Crippen MR) is 82.8 cm³/mol. The number of carbonyl (C=O) groups is 1. The van der Waals surface area contributed by atoms with Gasteiger partial charge in [-0.15, -0.1) is 11.3 Å². The van der Waals surface area contributed by atoms with Crippen molar-refractivity contribution >= 4 is 44.5 Å². The molecule has 5 nitrogen and oxygen atoms in total. The number of carbonyl (C=O) groups excluding carboxylic acids is 1. The fraction of sp³-hybridized carbons (Fsp3) is 0. The van der Waals surface area contributed by atoms with Gasteiger partial charge in [0.1, 0.15) is 0 Å². The van der Waals surface area contributed by atoms with Crippen LogP contribution in [-0.4, -0.2) is 10.9 Å². The molecule has 5 N–H and O–H groups in total. The number of aromatic nitrogens is 1. The molecular weight excluding hydrogens is 272 g/mol. The maximum absolute atomic E-state index is 12.2. The van der Waals surface area contributed by atoms with E-state index in [0.29, 0.717) is 22.6 Å². The van der Waals surface area contributed by atoms with Gasteiger partial charge in [0.2, 0.25) is 0 Å². The van der Waals surface area contributed by atoms with E-state index in [-0.39, 0.29) is 5.91 Å². The van der Waals surface area contributed by atoms with Crippen LogP contribution in [0.1, 0.15) is 10.4 Å². The average molecular weight is 284 g/mol. The minimum absolute atomic E-state index is 0.243. The first-order valence-electron chi connectivity index (χ1n) is 5.92. The quantitative estimate of drug-likeness (QED) is 0.631. The molecule has 0 fully saturated rings. The third kappa shape index (κ3) is 2.41. The van der Waals surface area contributed by atoms with E-state index in [9.17, 15) is 4.79 Å². The fourth-order valence-electron chi connectivity index (χ4n) is 1.94. The molecule has 1 amide bonds. The molecule has 2 aromatic carbocycles. The molecule has 0 aliphatic carbocycles. The van der Waals surface area contributed by atoms with E-state index >= 15 is 0 Å². The normalized spacial score (nSPS) is 10.6. The molecule has 0 unspecified atom stereocenters. The highest BCUT2D eigenvalue weighted by molar-refractivity contribution is 7.16. The largest absolute Gasteiger partial charge is 0.399 e. The van der Waals surface area contributed by atoms with Crippen molar-refractivity contribution in [2.75, 3.05) is 16.8 Å². The van der Waals surface area contributed by atoms with E-state index in [0.717, 1.165) is 10.2 Å². The molecule has 0 spiro atoms. The number of fused-ring (bicyclic) bond motifs is 1. The van der Waals surface area contributed by atoms with Crippen LogP contribution in [0.5, 0.6) is 0 Å². The number of nitrogens with one attached hydrogen (secondary N) is 1. The van der Waals surface area contributed by atoms with Crippen LogP contribution in [0.15, 0.2) is 41.9 Å². The van der Waals surface area contributed by atoms with Gasteiger partial charge in [-0.1, -0.05) is 0 Å². The molecule has 0 atom stereocenters. The maximum atomic E-state index is 12.2. The monoisotopic (exact) mass is 284 g/mol. The lowest BCUT2D eigenvalue weighted by Crippen LogP contribution is -2.12. The first-order valence-corrected chi connectivity index (χ1v) is 6.80. The van der Waals surface area contributed by atoms with E-state index in [1.807, 2.05) is 18.2 Å². The Hall–Kier alpha value is -2.60. The topological polar surface area (TPSA) is 94.0 Å². The lowest BCUT2D eigenvalue weighted by Gasteiger charge is -2.07. The van der Waals surface area contributed by atoms with E-state index in [2.05, 4.69) is 10.3 Å². The Morgan fingerprint density at radius 3 is 2.60 bits per heavy atom. The van der Waals surface area contributed by atoms with Crippen molar-refractivity contribution in [1.29, 1.82) is 0 Å². The van der Waals surface area contributed by atoms with Crippen LogP contribution in [0.2, 0.25) is 0 Å². The van der Waals surface area contributed by atoms with Crippen LogP contribution in [0.25, 0.3) is 10.2 Å². The fourth-order valence-corrected chi connectivity index (χ4v) is 2.66. The molecule has 0 radical (unpaired) electrons. The molecular formula is C14H12N4OS. The van der Waals surface area contributed by atoms with Gasteiger partial charge in [0.25, 0.3) is 5.91 Å². The van der Waals surface area contributed by atoms with Crippen LogP contribution in [0.4, 0.5) is 17.1 Å². The van der Waals surface area contributed by atoms with Gasteiger partial charge in [0.15, 0.2) is 0 Å². The second kappa shape index (κ2) is 4.82. The highest BCUT2D eigenvalue weighted by Crippen LogP contribution is 2.22. The molecule has 0 aliphatic heterocycles. The third-order valence-electron chi connectivity index (χ3n) is 2.83. The third-order valence-corrected chi connectivity index (χ3v) is 3.62. The van der Waals surface area contributed by atoms with E-state index in [1.54, 1.807) is 23.7 Å². The van der Waals surface area contributed by atoms with Gasteiger partial charge in [-0.2, -0.15) is 0 Å². The molecule has 3 rings (SSSR count). The summed E-state index contributed by atoms with van der Waals surface area (Å²) in [4.78, 5) is 16.4. The summed E-state index contributed by atoms with van der Waals surface area (Å²) in [6.07, 6.45) is 0. The first-order chi connectivity index (χ1) is 9.61. The van der Waals surface area contributed by atoms with Crippen LogP contribution < -0.4 is 16.8 Å². The van der Waals surface area contributed by atoms with Gasteiger partial charge >= 0.3 is 0 Å². The number of hydrogen-bond donors (Lipinski definition) is 3. The zero-order valence-corrected chi connectivity index (χ0v) is 11.3. The molecule has 6 heteroatoms. The molecule has 0 bridgehead atoms. The number of nitrogens with zero attached hydrogens (tertiary/aromatic N) is 1. The van der Waals surface area contributed by atoms with Gasteiger partial charge in [-0.25, -0.2) is 4.98 Å². The van der Waals surface area contributed by atoms with Crippen LogP contribution in [0, 0.1) is 0 Å². The minimum atomic E-state index is -0.243. The lowest BCUT2D eigenvalue weighted by atomic mass is 10.1. The van der Waals surface area contributed by atoms with E-state index in [1.165, 1.54) is 11.3 Å². The molecule has 1 heterocycles. The number of hydrogen-bond acceptors (Lipinski definition) is 5. The second-order valence-corrected chi connectivity index (χ2v) is 5.26. The van der Waals surface area contributed by atoms with E-state index in [4.69, 9.17) is 11.5 Å². The molecule has 0 saturated heterocycles.